The number of amides is 1. The predicted octanol–water partition coefficient (Wildman–Crippen LogP) is 3.46. The summed E-state index contributed by atoms with van der Waals surface area (Å²) in [5, 5.41) is 3.21. The molecule has 0 saturated carbocycles. The molecule has 116 valence electrons. The Kier molecular flexibility index (Phi) is 4.44. The number of fused-ring (bicyclic) bond motifs is 1. The van der Waals surface area contributed by atoms with E-state index in [1.54, 1.807) is 32.0 Å². The van der Waals surface area contributed by atoms with E-state index in [0.717, 1.165) is 35.5 Å². The number of hydrogen-bond acceptors (Lipinski definition) is 2. The molecule has 1 aliphatic rings. The molecule has 3 nitrogen and oxygen atoms in total. The number of nitrogens with zero attached hydrogens (tertiary/aromatic N) is 1. The Labute approximate surface area is 122 Å². The number of carbonyl (C=O) groups excluding carboxylic acids is 1. The highest BCUT2D eigenvalue weighted by Crippen LogP contribution is 2.25. The number of benzene rings is 1. The molecular weight excluding hydrogens is 281 g/mol. The van der Waals surface area contributed by atoms with Crippen molar-refractivity contribution in [1.82, 2.24) is 4.90 Å². The lowest BCUT2D eigenvalue weighted by molar-refractivity contribution is -0.143. The molecule has 1 N–H and O–H groups in total. The lowest BCUT2D eigenvalue weighted by Gasteiger charge is -2.28. The SMILES string of the molecule is CC(C)N(CC(F)(F)F)C(=O)c1ccc2c(c1)CCCN2. The lowest BCUT2D eigenvalue weighted by Crippen LogP contribution is -2.43. The van der Waals surface area contributed by atoms with Crippen LogP contribution in [0.3, 0.4) is 0 Å². The van der Waals surface area contributed by atoms with E-state index in [1.165, 1.54) is 0 Å². The quantitative estimate of drug-likeness (QED) is 0.927. The van der Waals surface area contributed by atoms with E-state index < -0.39 is 24.7 Å². The van der Waals surface area contributed by atoms with Crippen LogP contribution in [0.4, 0.5) is 18.9 Å². The molecular formula is C15H19F3N2O. The Morgan fingerprint density at radius 2 is 2.10 bits per heavy atom. The minimum atomic E-state index is -4.39. The summed E-state index contributed by atoms with van der Waals surface area (Å²) in [5.74, 6) is -0.573. The molecule has 6 heteroatoms. The Bertz CT molecular complexity index is 526. The zero-order chi connectivity index (χ0) is 15.6. The number of aryl methyl sites for hydroxylation is 1. The number of anilines is 1. The first-order valence-electron chi connectivity index (χ1n) is 7.02. The molecule has 1 heterocycles. The third kappa shape index (κ3) is 3.89. The van der Waals surface area contributed by atoms with Crippen LogP contribution in [0.5, 0.6) is 0 Å². The van der Waals surface area contributed by atoms with Gasteiger partial charge in [-0.3, -0.25) is 4.79 Å². The van der Waals surface area contributed by atoms with E-state index in [2.05, 4.69) is 5.32 Å². The summed E-state index contributed by atoms with van der Waals surface area (Å²) in [6.07, 6.45) is -2.60. The summed E-state index contributed by atoms with van der Waals surface area (Å²) in [7, 11) is 0. The zero-order valence-corrected chi connectivity index (χ0v) is 12.1. The van der Waals surface area contributed by atoms with Crippen LogP contribution in [-0.2, 0) is 6.42 Å². The fourth-order valence-corrected chi connectivity index (χ4v) is 2.46. The largest absolute Gasteiger partial charge is 0.406 e. The second-order valence-corrected chi connectivity index (χ2v) is 5.54. The number of nitrogens with one attached hydrogen (secondary N) is 1. The van der Waals surface area contributed by atoms with Gasteiger partial charge >= 0.3 is 6.18 Å². The van der Waals surface area contributed by atoms with Crippen LogP contribution in [0.1, 0.15) is 36.2 Å². The van der Waals surface area contributed by atoms with Crippen LogP contribution in [0.25, 0.3) is 0 Å². The number of halogens is 3. The van der Waals surface area contributed by atoms with Crippen LogP contribution in [0.15, 0.2) is 18.2 Å². The average molecular weight is 300 g/mol. The van der Waals surface area contributed by atoms with Crippen molar-refractivity contribution in [3.05, 3.63) is 29.3 Å². The Morgan fingerprint density at radius 1 is 1.38 bits per heavy atom. The highest BCUT2D eigenvalue weighted by molar-refractivity contribution is 5.95. The van der Waals surface area contributed by atoms with Crippen molar-refractivity contribution in [3.8, 4) is 0 Å². The van der Waals surface area contributed by atoms with Gasteiger partial charge in [-0.05, 0) is 50.5 Å². The first-order valence-corrected chi connectivity index (χ1v) is 7.02. The lowest BCUT2D eigenvalue weighted by atomic mass is 10.00. The summed E-state index contributed by atoms with van der Waals surface area (Å²) in [6, 6.07) is 4.56. The number of alkyl halides is 3. The van der Waals surface area contributed by atoms with E-state index in [4.69, 9.17) is 0 Å². The van der Waals surface area contributed by atoms with Crippen molar-refractivity contribution >= 4 is 11.6 Å². The third-order valence-corrected chi connectivity index (χ3v) is 3.52. The van der Waals surface area contributed by atoms with Crippen LogP contribution in [0, 0.1) is 0 Å². The van der Waals surface area contributed by atoms with Crippen molar-refractivity contribution in [2.24, 2.45) is 0 Å². The van der Waals surface area contributed by atoms with Crippen LogP contribution in [0.2, 0.25) is 0 Å². The second-order valence-electron chi connectivity index (χ2n) is 5.54. The van der Waals surface area contributed by atoms with E-state index in [9.17, 15) is 18.0 Å². The average Bonchev–Trinajstić information content (AvgIpc) is 2.42. The highest BCUT2D eigenvalue weighted by Gasteiger charge is 2.34. The molecule has 1 aromatic carbocycles. The van der Waals surface area contributed by atoms with Gasteiger partial charge in [0.15, 0.2) is 0 Å². The van der Waals surface area contributed by atoms with Gasteiger partial charge in [0, 0.05) is 23.8 Å². The maximum atomic E-state index is 12.6. The van der Waals surface area contributed by atoms with Crippen molar-refractivity contribution < 1.29 is 18.0 Å². The molecule has 0 spiro atoms. The topological polar surface area (TPSA) is 32.3 Å². The molecule has 1 aromatic rings. The summed E-state index contributed by atoms with van der Waals surface area (Å²) >= 11 is 0. The molecule has 0 aromatic heterocycles. The van der Waals surface area contributed by atoms with Gasteiger partial charge in [-0.1, -0.05) is 0 Å². The summed E-state index contributed by atoms with van der Waals surface area (Å²) in [4.78, 5) is 13.2. The molecule has 0 atom stereocenters. The van der Waals surface area contributed by atoms with Gasteiger partial charge in [0.25, 0.3) is 5.91 Å². The fraction of sp³-hybridized carbons (Fsp3) is 0.533. The predicted molar refractivity (Wildman–Crippen MR) is 75.5 cm³/mol. The van der Waals surface area contributed by atoms with E-state index in [1.807, 2.05) is 0 Å². The Balaban J connectivity index is 2.24. The van der Waals surface area contributed by atoms with Gasteiger partial charge in [0.1, 0.15) is 6.54 Å². The van der Waals surface area contributed by atoms with Gasteiger partial charge in [-0.25, -0.2) is 0 Å². The Hall–Kier alpha value is -1.72. The normalized spacial score (nSPS) is 14.6. The van der Waals surface area contributed by atoms with E-state index >= 15 is 0 Å². The minimum absolute atomic E-state index is 0.315. The van der Waals surface area contributed by atoms with Gasteiger partial charge in [0.05, 0.1) is 0 Å². The molecule has 0 fully saturated rings. The smallest absolute Gasteiger partial charge is 0.385 e. The van der Waals surface area contributed by atoms with Crippen molar-refractivity contribution in [3.63, 3.8) is 0 Å². The first kappa shape index (κ1) is 15.7. The standard InChI is InChI=1S/C15H19F3N2O/c1-10(2)20(9-15(16,17)18)14(21)12-5-6-13-11(8-12)4-3-7-19-13/h5-6,8,10,19H,3-4,7,9H2,1-2H3. The van der Waals surface area contributed by atoms with Gasteiger partial charge in [0.2, 0.25) is 0 Å². The van der Waals surface area contributed by atoms with Crippen LogP contribution >= 0.6 is 0 Å². The fourth-order valence-electron chi connectivity index (χ4n) is 2.46. The maximum Gasteiger partial charge on any atom is 0.406 e. The van der Waals surface area contributed by atoms with Gasteiger partial charge in [-0.2, -0.15) is 13.2 Å². The number of carbonyl (C=O) groups is 1. The van der Waals surface area contributed by atoms with Crippen LogP contribution < -0.4 is 5.32 Å². The van der Waals surface area contributed by atoms with Crippen LogP contribution in [-0.4, -0.2) is 36.1 Å². The number of hydrogen-bond donors (Lipinski definition) is 1. The molecule has 2 rings (SSSR count). The van der Waals surface area contributed by atoms with Crippen molar-refractivity contribution in [2.75, 3.05) is 18.4 Å². The molecule has 21 heavy (non-hydrogen) atoms. The summed E-state index contributed by atoms with van der Waals surface area (Å²) in [5.41, 5.74) is 2.27. The molecule has 0 aliphatic carbocycles. The van der Waals surface area contributed by atoms with Gasteiger partial charge in [-0.15, -0.1) is 0 Å². The summed E-state index contributed by atoms with van der Waals surface area (Å²) < 4.78 is 37.8. The summed E-state index contributed by atoms with van der Waals surface area (Å²) in [6.45, 7) is 2.83. The molecule has 1 amide bonds. The second kappa shape index (κ2) is 5.95. The first-order chi connectivity index (χ1) is 9.78. The van der Waals surface area contributed by atoms with Crippen molar-refractivity contribution in [2.45, 2.75) is 38.9 Å². The number of rotatable bonds is 3. The van der Waals surface area contributed by atoms with E-state index in [0.29, 0.717) is 5.56 Å². The third-order valence-electron chi connectivity index (χ3n) is 3.52. The molecule has 1 aliphatic heterocycles. The maximum absolute atomic E-state index is 12.6. The Morgan fingerprint density at radius 3 is 2.71 bits per heavy atom. The molecule has 0 saturated heterocycles. The van der Waals surface area contributed by atoms with Gasteiger partial charge < -0.3 is 10.2 Å². The zero-order valence-electron chi connectivity index (χ0n) is 12.1. The minimum Gasteiger partial charge on any atom is -0.385 e. The van der Waals surface area contributed by atoms with Crippen molar-refractivity contribution in [1.29, 1.82) is 0 Å². The highest BCUT2D eigenvalue weighted by atomic mass is 19.4. The molecule has 0 bridgehead atoms. The molecule has 0 radical (unpaired) electrons. The monoisotopic (exact) mass is 300 g/mol. The van der Waals surface area contributed by atoms with E-state index in [-0.39, 0.29) is 0 Å². The molecule has 0 unspecified atom stereocenters.